The number of nitrogens with one attached hydrogen (secondary N) is 1. The van der Waals surface area contributed by atoms with E-state index in [1.807, 2.05) is 29.8 Å². The zero-order chi connectivity index (χ0) is 14.8. The van der Waals surface area contributed by atoms with Crippen molar-refractivity contribution in [3.63, 3.8) is 0 Å². The molecular weight excluding hydrogens is 290 g/mol. The minimum Gasteiger partial charge on any atom is -0.454 e. The molecule has 1 aromatic heterocycles. The van der Waals surface area contributed by atoms with Crippen LogP contribution in [0.1, 0.15) is 23.9 Å². The summed E-state index contributed by atoms with van der Waals surface area (Å²) in [5.74, 6) is 1.61. The van der Waals surface area contributed by atoms with E-state index in [9.17, 15) is 0 Å². The molecule has 1 N–H and O–H groups in total. The van der Waals surface area contributed by atoms with Crippen molar-refractivity contribution in [2.45, 2.75) is 33.5 Å². The van der Waals surface area contributed by atoms with Crippen LogP contribution in [0.2, 0.25) is 5.02 Å². The van der Waals surface area contributed by atoms with Crippen molar-refractivity contribution in [2.24, 2.45) is 0 Å². The number of nitrogens with zero attached hydrogens (tertiary/aromatic N) is 2. The molecule has 0 spiro atoms. The number of hydrogen-bond donors (Lipinski definition) is 1. The predicted molar refractivity (Wildman–Crippen MR) is 80.8 cm³/mol. The fraction of sp³-hybridized carbons (Fsp3) is 0.400. The Morgan fingerprint density at radius 1 is 1.29 bits per heavy atom. The number of benzene rings is 1. The van der Waals surface area contributed by atoms with Crippen LogP contribution in [-0.2, 0) is 19.6 Å². The minimum absolute atomic E-state index is 0.302. The summed E-state index contributed by atoms with van der Waals surface area (Å²) in [5.41, 5.74) is 3.05. The summed E-state index contributed by atoms with van der Waals surface area (Å²) in [4.78, 5) is 0. The van der Waals surface area contributed by atoms with Gasteiger partial charge in [0.15, 0.2) is 11.5 Å². The van der Waals surface area contributed by atoms with E-state index in [1.54, 1.807) is 0 Å². The minimum atomic E-state index is 0.302. The third-order valence-electron chi connectivity index (χ3n) is 3.51. The van der Waals surface area contributed by atoms with Crippen molar-refractivity contribution in [2.75, 3.05) is 6.79 Å². The van der Waals surface area contributed by atoms with E-state index in [-0.39, 0.29) is 0 Å². The molecule has 6 heteroatoms. The van der Waals surface area contributed by atoms with Gasteiger partial charge in [-0.15, -0.1) is 0 Å². The van der Waals surface area contributed by atoms with Crippen molar-refractivity contribution in [1.29, 1.82) is 0 Å². The molecule has 112 valence electrons. The maximum atomic E-state index is 6.29. The molecular formula is C15H18ClN3O2. The molecule has 21 heavy (non-hydrogen) atoms. The van der Waals surface area contributed by atoms with E-state index < -0.39 is 0 Å². The molecule has 0 radical (unpaired) electrons. The van der Waals surface area contributed by atoms with Gasteiger partial charge in [0.25, 0.3) is 0 Å². The van der Waals surface area contributed by atoms with Gasteiger partial charge < -0.3 is 14.8 Å². The summed E-state index contributed by atoms with van der Waals surface area (Å²) in [6, 6.07) is 5.97. The van der Waals surface area contributed by atoms with Crippen LogP contribution in [0.25, 0.3) is 0 Å². The molecule has 0 atom stereocenters. The van der Waals surface area contributed by atoms with Gasteiger partial charge in [0, 0.05) is 19.6 Å². The first kappa shape index (κ1) is 14.2. The third-order valence-corrected chi connectivity index (χ3v) is 4.00. The number of ether oxygens (including phenoxy) is 2. The topological polar surface area (TPSA) is 48.3 Å². The van der Waals surface area contributed by atoms with Gasteiger partial charge in [-0.25, -0.2) is 0 Å². The maximum Gasteiger partial charge on any atom is 0.231 e. The van der Waals surface area contributed by atoms with E-state index in [0.717, 1.165) is 46.6 Å². The van der Waals surface area contributed by atoms with Crippen LogP contribution in [0, 0.1) is 6.92 Å². The van der Waals surface area contributed by atoms with Gasteiger partial charge >= 0.3 is 0 Å². The molecule has 3 rings (SSSR count). The molecule has 0 aliphatic carbocycles. The zero-order valence-corrected chi connectivity index (χ0v) is 12.9. The summed E-state index contributed by atoms with van der Waals surface area (Å²) in [5, 5.41) is 8.55. The predicted octanol–water partition coefficient (Wildman–Crippen LogP) is 2.88. The van der Waals surface area contributed by atoms with Crippen molar-refractivity contribution < 1.29 is 9.47 Å². The third kappa shape index (κ3) is 2.84. The average Bonchev–Trinajstić information content (AvgIpc) is 3.05. The first-order valence-corrected chi connectivity index (χ1v) is 7.38. The quantitative estimate of drug-likeness (QED) is 0.923. The lowest BCUT2D eigenvalue weighted by atomic mass is 10.2. The van der Waals surface area contributed by atoms with Crippen LogP contribution in [-0.4, -0.2) is 16.6 Å². The van der Waals surface area contributed by atoms with Gasteiger partial charge in [-0.2, -0.15) is 5.10 Å². The van der Waals surface area contributed by atoms with Crippen molar-refractivity contribution >= 4 is 11.6 Å². The Balaban J connectivity index is 1.64. The second-order valence-electron chi connectivity index (χ2n) is 4.95. The standard InChI is InChI=1S/C15H18ClN3O2/c1-3-19-12(15(16)10(2)18-19)8-17-7-11-4-5-13-14(6-11)21-9-20-13/h4-6,17H,3,7-9H2,1-2H3. The number of hydrogen-bond acceptors (Lipinski definition) is 4. The summed E-state index contributed by atoms with van der Waals surface area (Å²) >= 11 is 6.29. The molecule has 0 amide bonds. The SMILES string of the molecule is CCn1nc(C)c(Cl)c1CNCc1ccc2c(c1)OCO2. The fourth-order valence-corrected chi connectivity index (χ4v) is 2.62. The van der Waals surface area contributed by atoms with Crippen molar-refractivity contribution in [3.05, 3.63) is 40.2 Å². The molecule has 2 aromatic rings. The Labute approximate surface area is 128 Å². The second kappa shape index (κ2) is 5.95. The Morgan fingerprint density at radius 3 is 2.90 bits per heavy atom. The van der Waals surface area contributed by atoms with Gasteiger partial charge in [-0.05, 0) is 31.5 Å². The lowest BCUT2D eigenvalue weighted by Crippen LogP contribution is -2.16. The summed E-state index contributed by atoms with van der Waals surface area (Å²) in [6.45, 7) is 6.52. The first-order chi connectivity index (χ1) is 10.2. The molecule has 0 fully saturated rings. The van der Waals surface area contributed by atoms with Crippen LogP contribution in [0.4, 0.5) is 0 Å². The second-order valence-corrected chi connectivity index (χ2v) is 5.33. The van der Waals surface area contributed by atoms with Crippen LogP contribution in [0.15, 0.2) is 18.2 Å². The van der Waals surface area contributed by atoms with Crippen LogP contribution < -0.4 is 14.8 Å². The Hall–Kier alpha value is -1.72. The van der Waals surface area contributed by atoms with Gasteiger partial charge in [0.2, 0.25) is 6.79 Å². The molecule has 0 saturated carbocycles. The van der Waals surface area contributed by atoms with E-state index in [2.05, 4.69) is 17.3 Å². The highest BCUT2D eigenvalue weighted by Crippen LogP contribution is 2.32. The summed E-state index contributed by atoms with van der Waals surface area (Å²) in [7, 11) is 0. The normalized spacial score (nSPS) is 12.9. The number of fused-ring (bicyclic) bond motifs is 1. The monoisotopic (exact) mass is 307 g/mol. The highest BCUT2D eigenvalue weighted by Gasteiger charge is 2.14. The highest BCUT2D eigenvalue weighted by atomic mass is 35.5. The Bertz CT molecular complexity index is 655. The molecule has 0 unspecified atom stereocenters. The van der Waals surface area contributed by atoms with E-state index in [4.69, 9.17) is 21.1 Å². The number of rotatable bonds is 5. The van der Waals surface area contributed by atoms with Gasteiger partial charge in [0.1, 0.15) is 0 Å². The van der Waals surface area contributed by atoms with Crippen LogP contribution in [0.3, 0.4) is 0 Å². The largest absolute Gasteiger partial charge is 0.454 e. The zero-order valence-electron chi connectivity index (χ0n) is 12.1. The van der Waals surface area contributed by atoms with Crippen LogP contribution >= 0.6 is 11.6 Å². The Kier molecular flexibility index (Phi) is 4.03. The molecule has 0 saturated heterocycles. The molecule has 2 heterocycles. The van der Waals surface area contributed by atoms with Gasteiger partial charge in [-0.3, -0.25) is 4.68 Å². The fourth-order valence-electron chi connectivity index (χ4n) is 2.41. The lowest BCUT2D eigenvalue weighted by Gasteiger charge is -2.08. The number of aromatic nitrogens is 2. The number of aryl methyl sites for hydroxylation is 2. The molecule has 1 aromatic carbocycles. The molecule has 1 aliphatic rings. The number of halogens is 1. The first-order valence-electron chi connectivity index (χ1n) is 7.00. The summed E-state index contributed by atoms with van der Waals surface area (Å²) < 4.78 is 12.6. The van der Waals surface area contributed by atoms with Crippen molar-refractivity contribution in [1.82, 2.24) is 15.1 Å². The summed E-state index contributed by atoms with van der Waals surface area (Å²) in [6.07, 6.45) is 0. The Morgan fingerprint density at radius 2 is 2.10 bits per heavy atom. The van der Waals surface area contributed by atoms with Crippen LogP contribution in [0.5, 0.6) is 11.5 Å². The van der Waals surface area contributed by atoms with E-state index >= 15 is 0 Å². The van der Waals surface area contributed by atoms with Gasteiger partial charge in [-0.1, -0.05) is 17.7 Å². The lowest BCUT2D eigenvalue weighted by molar-refractivity contribution is 0.174. The maximum absolute atomic E-state index is 6.29. The van der Waals surface area contributed by atoms with Gasteiger partial charge in [0.05, 0.1) is 16.4 Å². The van der Waals surface area contributed by atoms with E-state index in [0.29, 0.717) is 13.3 Å². The highest BCUT2D eigenvalue weighted by molar-refractivity contribution is 6.31. The van der Waals surface area contributed by atoms with E-state index in [1.165, 1.54) is 0 Å². The smallest absolute Gasteiger partial charge is 0.231 e. The van der Waals surface area contributed by atoms with Crippen molar-refractivity contribution in [3.8, 4) is 11.5 Å². The molecule has 0 bridgehead atoms. The molecule has 1 aliphatic heterocycles. The average molecular weight is 308 g/mol. The molecule has 5 nitrogen and oxygen atoms in total.